The minimum atomic E-state index is -3.58. The van der Waals surface area contributed by atoms with Gasteiger partial charge in [0.2, 0.25) is 21.8 Å². The van der Waals surface area contributed by atoms with Crippen molar-refractivity contribution >= 4 is 33.2 Å². The Hall–Kier alpha value is -2.71. The molecule has 186 valence electrons. The summed E-state index contributed by atoms with van der Waals surface area (Å²) in [7, 11) is -3.58. The molecule has 0 radical (unpaired) electrons. The van der Waals surface area contributed by atoms with E-state index in [9.17, 15) is 18.0 Å². The van der Waals surface area contributed by atoms with Gasteiger partial charge in [-0.25, -0.2) is 8.42 Å². The van der Waals surface area contributed by atoms with Crippen molar-refractivity contribution in [1.82, 2.24) is 4.31 Å². The van der Waals surface area contributed by atoms with Crippen LogP contribution in [0.3, 0.4) is 0 Å². The van der Waals surface area contributed by atoms with Gasteiger partial charge in [-0.3, -0.25) is 9.59 Å². The van der Waals surface area contributed by atoms with E-state index in [-0.39, 0.29) is 29.3 Å². The number of rotatable bonds is 4. The molecule has 5 rings (SSSR count). The summed E-state index contributed by atoms with van der Waals surface area (Å²) in [6.07, 6.45) is 4.10. The molecule has 2 aromatic carbocycles. The summed E-state index contributed by atoms with van der Waals surface area (Å²) < 4.78 is 28.2. The zero-order chi connectivity index (χ0) is 24.7. The van der Waals surface area contributed by atoms with Crippen LogP contribution in [0.2, 0.25) is 0 Å². The highest BCUT2D eigenvalue weighted by atomic mass is 32.2. The third-order valence-electron chi connectivity index (χ3n) is 7.63. The number of fused-ring (bicyclic) bond motifs is 2. The van der Waals surface area contributed by atoms with Crippen LogP contribution in [0.5, 0.6) is 0 Å². The van der Waals surface area contributed by atoms with Gasteiger partial charge in [-0.1, -0.05) is 25.1 Å². The first-order valence-corrected chi connectivity index (χ1v) is 14.0. The van der Waals surface area contributed by atoms with Gasteiger partial charge in [-0.2, -0.15) is 4.31 Å². The first-order valence-electron chi connectivity index (χ1n) is 12.6. The van der Waals surface area contributed by atoms with Gasteiger partial charge in [-0.15, -0.1) is 0 Å². The van der Waals surface area contributed by atoms with E-state index >= 15 is 0 Å². The third-order valence-corrected chi connectivity index (χ3v) is 9.52. The van der Waals surface area contributed by atoms with E-state index in [1.807, 2.05) is 31.2 Å². The van der Waals surface area contributed by atoms with Gasteiger partial charge < -0.3 is 9.80 Å². The van der Waals surface area contributed by atoms with E-state index < -0.39 is 10.0 Å². The Labute approximate surface area is 207 Å². The molecule has 0 unspecified atom stereocenters. The van der Waals surface area contributed by atoms with Gasteiger partial charge >= 0.3 is 0 Å². The number of hydrogen-bond acceptors (Lipinski definition) is 4. The van der Waals surface area contributed by atoms with E-state index in [0.717, 1.165) is 36.1 Å². The average molecular weight is 496 g/mol. The number of benzene rings is 2. The third kappa shape index (κ3) is 4.49. The number of amides is 2. The summed E-state index contributed by atoms with van der Waals surface area (Å²) in [5.41, 5.74) is 3.50. The maximum absolute atomic E-state index is 13.4. The summed E-state index contributed by atoms with van der Waals surface area (Å²) in [5, 5.41) is 0. The van der Waals surface area contributed by atoms with Crippen molar-refractivity contribution in [2.75, 3.05) is 29.4 Å². The normalized spacial score (nSPS) is 21.5. The topological polar surface area (TPSA) is 78.0 Å². The van der Waals surface area contributed by atoms with Gasteiger partial charge in [0.1, 0.15) is 6.54 Å². The number of hydrogen-bond donors (Lipinski definition) is 0. The Morgan fingerprint density at radius 3 is 2.49 bits per heavy atom. The van der Waals surface area contributed by atoms with Gasteiger partial charge in [0, 0.05) is 36.9 Å². The van der Waals surface area contributed by atoms with E-state index in [4.69, 9.17) is 0 Å². The number of piperidine rings is 1. The minimum absolute atomic E-state index is 0.0289. The molecule has 0 bridgehead atoms. The lowest BCUT2D eigenvalue weighted by atomic mass is 10.0. The Bertz CT molecular complexity index is 1250. The van der Waals surface area contributed by atoms with E-state index in [1.165, 1.54) is 0 Å². The molecule has 35 heavy (non-hydrogen) atoms. The summed E-state index contributed by atoms with van der Waals surface area (Å²) in [6.45, 7) is 5.19. The van der Waals surface area contributed by atoms with Crippen molar-refractivity contribution in [2.45, 2.75) is 63.3 Å². The van der Waals surface area contributed by atoms with E-state index in [2.05, 4.69) is 6.92 Å². The lowest BCUT2D eigenvalue weighted by molar-refractivity contribution is -0.122. The molecule has 1 atom stereocenters. The fourth-order valence-electron chi connectivity index (χ4n) is 5.59. The van der Waals surface area contributed by atoms with Crippen molar-refractivity contribution in [3.63, 3.8) is 0 Å². The quantitative estimate of drug-likeness (QED) is 0.647. The van der Waals surface area contributed by atoms with Crippen LogP contribution in [-0.4, -0.2) is 50.2 Å². The fourth-order valence-corrected chi connectivity index (χ4v) is 7.11. The molecule has 0 saturated carbocycles. The molecule has 1 fully saturated rings. The van der Waals surface area contributed by atoms with Crippen LogP contribution >= 0.6 is 0 Å². The number of anilines is 2. The fraction of sp³-hybridized carbons (Fsp3) is 0.481. The van der Waals surface area contributed by atoms with Crippen LogP contribution in [-0.2, 0) is 32.5 Å². The molecule has 0 spiro atoms. The molecule has 3 aliphatic rings. The minimum Gasteiger partial charge on any atom is -0.307 e. The van der Waals surface area contributed by atoms with Crippen LogP contribution in [0.4, 0.5) is 11.4 Å². The Kier molecular flexibility index (Phi) is 6.44. The average Bonchev–Trinajstić information content (AvgIpc) is 3.10. The SMILES string of the molecule is CC1CCN(S(=O)(=O)c2ccc3c(c2)CCCC(=O)N3CC(=O)N2c3ccccc3C[C@@H]2C)CC1. The first kappa shape index (κ1) is 24.0. The van der Waals surface area contributed by atoms with Crippen LogP contribution in [0.25, 0.3) is 0 Å². The highest BCUT2D eigenvalue weighted by molar-refractivity contribution is 7.89. The number of aryl methyl sites for hydroxylation is 1. The van der Waals surface area contributed by atoms with Gasteiger partial charge in [0.15, 0.2) is 0 Å². The molecule has 3 aliphatic heterocycles. The number of carbonyl (C=O) groups is 2. The first-order chi connectivity index (χ1) is 16.8. The second-order valence-corrected chi connectivity index (χ2v) is 12.1. The number of nitrogens with zero attached hydrogens (tertiary/aromatic N) is 3. The standard InChI is InChI=1S/C27H33N3O4S/c1-19-12-14-28(15-13-19)35(33,34)23-10-11-24-22(17-23)7-5-9-26(31)29(24)18-27(32)30-20(2)16-21-6-3-4-8-25(21)30/h3-4,6,8,10-11,17,19-20H,5,7,9,12-16,18H2,1-2H3/t20-/m0/s1. The maximum Gasteiger partial charge on any atom is 0.247 e. The van der Waals surface area contributed by atoms with Crippen molar-refractivity contribution in [3.8, 4) is 0 Å². The lowest BCUT2D eigenvalue weighted by Crippen LogP contribution is -2.45. The van der Waals surface area contributed by atoms with E-state index in [1.54, 1.807) is 32.3 Å². The molecule has 2 amide bonds. The number of sulfonamides is 1. The molecule has 3 heterocycles. The largest absolute Gasteiger partial charge is 0.307 e. The second kappa shape index (κ2) is 9.39. The van der Waals surface area contributed by atoms with Crippen molar-refractivity contribution < 1.29 is 18.0 Å². The highest BCUT2D eigenvalue weighted by Gasteiger charge is 2.34. The zero-order valence-corrected chi connectivity index (χ0v) is 21.3. The molecule has 0 aromatic heterocycles. The van der Waals surface area contributed by atoms with Crippen molar-refractivity contribution in [3.05, 3.63) is 53.6 Å². The van der Waals surface area contributed by atoms with Crippen LogP contribution in [0.15, 0.2) is 47.4 Å². The molecule has 0 N–H and O–H groups in total. The molecule has 0 aliphatic carbocycles. The second-order valence-electron chi connectivity index (χ2n) is 10.2. The van der Waals surface area contributed by atoms with Crippen molar-refractivity contribution in [1.29, 1.82) is 0 Å². The molecular formula is C27H33N3O4S. The zero-order valence-electron chi connectivity index (χ0n) is 20.4. The Morgan fingerprint density at radius 1 is 0.971 bits per heavy atom. The Morgan fingerprint density at radius 2 is 1.71 bits per heavy atom. The predicted octanol–water partition coefficient (Wildman–Crippen LogP) is 3.75. The predicted molar refractivity (Wildman–Crippen MR) is 136 cm³/mol. The summed E-state index contributed by atoms with van der Waals surface area (Å²) >= 11 is 0. The van der Waals surface area contributed by atoms with Crippen LogP contribution in [0.1, 0.15) is 50.7 Å². The van der Waals surface area contributed by atoms with Crippen LogP contribution in [0, 0.1) is 5.92 Å². The molecule has 2 aromatic rings. The summed E-state index contributed by atoms with van der Waals surface area (Å²) in [6, 6.07) is 12.9. The number of carbonyl (C=O) groups excluding carboxylic acids is 2. The summed E-state index contributed by atoms with van der Waals surface area (Å²) in [4.78, 5) is 30.1. The van der Waals surface area contributed by atoms with E-state index in [0.29, 0.717) is 44.0 Å². The van der Waals surface area contributed by atoms with Crippen molar-refractivity contribution in [2.24, 2.45) is 5.92 Å². The molecule has 1 saturated heterocycles. The van der Waals surface area contributed by atoms with Gasteiger partial charge in [0.05, 0.1) is 4.90 Å². The monoisotopic (exact) mass is 495 g/mol. The summed E-state index contributed by atoms with van der Waals surface area (Å²) in [5.74, 6) is 0.316. The molecular weight excluding hydrogens is 462 g/mol. The molecule has 7 nitrogen and oxygen atoms in total. The van der Waals surface area contributed by atoms with Gasteiger partial charge in [-0.05, 0) is 80.3 Å². The lowest BCUT2D eigenvalue weighted by Gasteiger charge is -2.30. The van der Waals surface area contributed by atoms with Gasteiger partial charge in [0.25, 0.3) is 0 Å². The maximum atomic E-state index is 13.4. The smallest absolute Gasteiger partial charge is 0.247 e. The highest BCUT2D eigenvalue weighted by Crippen LogP contribution is 2.34. The molecule has 8 heteroatoms. The Balaban J connectivity index is 1.42. The number of para-hydroxylation sites is 1. The van der Waals surface area contributed by atoms with Crippen LogP contribution < -0.4 is 9.80 Å².